The van der Waals surface area contributed by atoms with Gasteiger partial charge in [0.2, 0.25) is 5.91 Å². The number of hydrogen-bond donors (Lipinski definition) is 2. The van der Waals surface area contributed by atoms with Gasteiger partial charge >= 0.3 is 6.18 Å². The van der Waals surface area contributed by atoms with E-state index in [1.165, 1.54) is 18.2 Å². The lowest BCUT2D eigenvalue weighted by Gasteiger charge is -2.27. The van der Waals surface area contributed by atoms with Crippen LogP contribution in [-0.4, -0.2) is 44.9 Å². The number of halogens is 4. The smallest absolute Gasteiger partial charge is 0.314 e. The zero-order valence-corrected chi connectivity index (χ0v) is 16.4. The maximum absolute atomic E-state index is 14.1. The van der Waals surface area contributed by atoms with Gasteiger partial charge in [0.1, 0.15) is 29.4 Å². The third-order valence-electron chi connectivity index (χ3n) is 5.96. The molecule has 0 aliphatic carbocycles. The van der Waals surface area contributed by atoms with Crippen molar-refractivity contribution in [2.45, 2.75) is 31.5 Å². The van der Waals surface area contributed by atoms with Crippen molar-refractivity contribution >= 4 is 22.6 Å². The monoisotopic (exact) mass is 434 g/mol. The highest BCUT2D eigenvalue weighted by atomic mass is 19.4. The van der Waals surface area contributed by atoms with Crippen molar-refractivity contribution in [2.24, 2.45) is 5.92 Å². The molecule has 0 unspecified atom stereocenters. The van der Waals surface area contributed by atoms with Gasteiger partial charge in [-0.15, -0.1) is 0 Å². The number of benzene rings is 1. The highest BCUT2D eigenvalue weighted by Crippen LogP contribution is 2.46. The first-order valence-electron chi connectivity index (χ1n) is 9.84. The quantitative estimate of drug-likeness (QED) is 0.604. The van der Waals surface area contributed by atoms with Crippen molar-refractivity contribution in [3.8, 4) is 11.4 Å². The van der Waals surface area contributed by atoms with Gasteiger partial charge in [0.15, 0.2) is 0 Å². The summed E-state index contributed by atoms with van der Waals surface area (Å²) in [5.41, 5.74) is 0.453. The van der Waals surface area contributed by atoms with E-state index in [4.69, 9.17) is 0 Å². The first kappa shape index (κ1) is 19.9. The van der Waals surface area contributed by atoms with Crippen molar-refractivity contribution in [3.63, 3.8) is 0 Å². The number of nitrogens with one attached hydrogen (secondary N) is 2. The number of rotatable bonds is 2. The number of amides is 1. The van der Waals surface area contributed by atoms with Crippen LogP contribution >= 0.6 is 0 Å². The van der Waals surface area contributed by atoms with Gasteiger partial charge in [-0.1, -0.05) is 6.92 Å². The Kier molecular flexibility index (Phi) is 4.47. The maximum Gasteiger partial charge on any atom is 0.396 e. The van der Waals surface area contributed by atoms with Gasteiger partial charge in [0.25, 0.3) is 0 Å². The molecule has 1 amide bonds. The van der Waals surface area contributed by atoms with E-state index in [2.05, 4.69) is 25.7 Å². The second-order valence-electron chi connectivity index (χ2n) is 7.99. The minimum absolute atomic E-state index is 0.0127. The zero-order valence-electron chi connectivity index (χ0n) is 16.4. The predicted octanol–water partition coefficient (Wildman–Crippen LogP) is 3.40. The molecule has 2 aliphatic heterocycles. The van der Waals surface area contributed by atoms with Crippen LogP contribution < -0.4 is 10.6 Å². The molecular formula is C20H18F4N6O. The number of aromatic nitrogens is 4. The Morgan fingerprint density at radius 2 is 1.97 bits per heavy atom. The lowest BCUT2D eigenvalue weighted by Crippen LogP contribution is -2.33. The Morgan fingerprint density at radius 1 is 1.16 bits per heavy atom. The summed E-state index contributed by atoms with van der Waals surface area (Å²) in [5.74, 6) is -3.27. The molecule has 2 N–H and O–H groups in total. The summed E-state index contributed by atoms with van der Waals surface area (Å²) < 4.78 is 57.2. The van der Waals surface area contributed by atoms with Crippen molar-refractivity contribution in [1.29, 1.82) is 0 Å². The molecule has 1 fully saturated rings. The van der Waals surface area contributed by atoms with Gasteiger partial charge in [0.05, 0.1) is 17.5 Å². The molecular weight excluding hydrogens is 416 g/mol. The third kappa shape index (κ3) is 3.23. The Hall–Kier alpha value is -3.08. The first-order valence-corrected chi connectivity index (χ1v) is 9.84. The predicted molar refractivity (Wildman–Crippen MR) is 104 cm³/mol. The molecule has 11 heteroatoms. The van der Waals surface area contributed by atoms with E-state index in [9.17, 15) is 22.4 Å². The van der Waals surface area contributed by atoms with Gasteiger partial charge < -0.3 is 10.6 Å². The van der Waals surface area contributed by atoms with Crippen molar-refractivity contribution in [3.05, 3.63) is 35.9 Å². The number of anilines is 1. The fourth-order valence-electron chi connectivity index (χ4n) is 4.43. The summed E-state index contributed by atoms with van der Waals surface area (Å²) in [6.07, 6.45) is -4.32. The van der Waals surface area contributed by atoms with Crippen LogP contribution in [0.25, 0.3) is 22.3 Å². The third-order valence-corrected chi connectivity index (χ3v) is 5.96. The fraction of sp³-hybridized carbons (Fsp3) is 0.400. The molecule has 2 aliphatic rings. The summed E-state index contributed by atoms with van der Waals surface area (Å²) >= 11 is 0. The van der Waals surface area contributed by atoms with Gasteiger partial charge in [-0.05, 0) is 30.7 Å². The molecule has 4 heterocycles. The summed E-state index contributed by atoms with van der Waals surface area (Å²) in [5, 5.41) is 10.8. The molecule has 0 bridgehead atoms. The largest absolute Gasteiger partial charge is 0.396 e. The van der Waals surface area contributed by atoms with Crippen LogP contribution in [0.4, 0.5) is 23.4 Å². The van der Waals surface area contributed by atoms with E-state index in [1.807, 2.05) is 6.92 Å². The number of fused-ring (bicyclic) bond motifs is 2. The van der Waals surface area contributed by atoms with Crippen LogP contribution in [0.2, 0.25) is 0 Å². The van der Waals surface area contributed by atoms with Crippen LogP contribution in [0.15, 0.2) is 24.5 Å². The van der Waals surface area contributed by atoms with E-state index in [1.54, 1.807) is 4.68 Å². The lowest BCUT2D eigenvalue weighted by molar-refractivity contribution is -0.156. The highest BCUT2D eigenvalue weighted by molar-refractivity contribution is 5.98. The normalized spacial score (nSPS) is 23.8. The van der Waals surface area contributed by atoms with Crippen LogP contribution in [0.5, 0.6) is 0 Å². The molecule has 31 heavy (non-hydrogen) atoms. The number of alkyl halides is 3. The van der Waals surface area contributed by atoms with Crippen LogP contribution in [0.3, 0.4) is 0 Å². The minimum Gasteiger partial charge on any atom is -0.314 e. The molecule has 7 nitrogen and oxygen atoms in total. The topological polar surface area (TPSA) is 84.7 Å². The molecule has 162 valence electrons. The fourth-order valence-corrected chi connectivity index (χ4v) is 4.43. The molecule has 1 saturated heterocycles. The maximum atomic E-state index is 14.1. The Morgan fingerprint density at radius 3 is 2.68 bits per heavy atom. The molecule has 3 atom stereocenters. The second-order valence-corrected chi connectivity index (χ2v) is 7.99. The van der Waals surface area contributed by atoms with E-state index in [-0.39, 0.29) is 34.7 Å². The van der Waals surface area contributed by atoms with Gasteiger partial charge in [-0.3, -0.25) is 9.48 Å². The van der Waals surface area contributed by atoms with E-state index in [0.29, 0.717) is 17.4 Å². The molecule has 3 aromatic rings. The second kappa shape index (κ2) is 6.98. The molecule has 5 rings (SSSR count). The van der Waals surface area contributed by atoms with E-state index in [0.717, 1.165) is 12.9 Å². The van der Waals surface area contributed by atoms with Crippen LogP contribution in [0.1, 0.15) is 30.9 Å². The molecule has 0 saturated carbocycles. The van der Waals surface area contributed by atoms with Crippen molar-refractivity contribution < 1.29 is 22.4 Å². The van der Waals surface area contributed by atoms with E-state index < -0.39 is 30.2 Å². The van der Waals surface area contributed by atoms with Crippen LogP contribution in [-0.2, 0) is 4.79 Å². The van der Waals surface area contributed by atoms with Crippen molar-refractivity contribution in [1.82, 2.24) is 25.1 Å². The number of carbonyl (C=O) groups is 1. The molecule has 1 aromatic carbocycles. The average molecular weight is 434 g/mol. The summed E-state index contributed by atoms with van der Waals surface area (Å²) in [7, 11) is 0. The Balaban J connectivity index is 1.77. The van der Waals surface area contributed by atoms with E-state index >= 15 is 0 Å². The summed E-state index contributed by atoms with van der Waals surface area (Å²) in [6.45, 7) is 3.39. The minimum atomic E-state index is -4.67. The molecule has 2 aromatic heterocycles. The zero-order chi connectivity index (χ0) is 21.9. The summed E-state index contributed by atoms with van der Waals surface area (Å²) in [6, 6.07) is 3.97. The molecule has 0 radical (unpaired) electrons. The van der Waals surface area contributed by atoms with Gasteiger partial charge in [0, 0.05) is 23.9 Å². The Bertz CT molecular complexity index is 1190. The van der Waals surface area contributed by atoms with Crippen molar-refractivity contribution in [2.75, 3.05) is 18.4 Å². The first-order chi connectivity index (χ1) is 14.7. The standard InChI is InChI=1S/C20H18F4N6O/c1-9-6-25-7-14(9)30-13-4-10(21)2-3-11(13)17(29-30)18-16-12(20(22,23)24)5-15(31)28-19(16)27-8-26-18/h2-4,8-9,12,14,25H,5-7H2,1H3,(H,26,27,28,31)/t9-,12+,14-/m0/s1. The average Bonchev–Trinajstić information content (AvgIpc) is 3.28. The summed E-state index contributed by atoms with van der Waals surface area (Å²) in [4.78, 5) is 19.9. The number of carbonyl (C=O) groups excluding carboxylic acids is 1. The highest BCUT2D eigenvalue weighted by Gasteiger charge is 2.47. The number of hydrogen-bond acceptors (Lipinski definition) is 5. The van der Waals surface area contributed by atoms with Gasteiger partial charge in [-0.25, -0.2) is 14.4 Å². The molecule has 0 spiro atoms. The number of nitrogens with zero attached hydrogens (tertiary/aromatic N) is 4. The lowest BCUT2D eigenvalue weighted by atomic mass is 9.89. The Labute approximate surface area is 173 Å². The van der Waals surface area contributed by atoms with Crippen LogP contribution in [0, 0.1) is 11.7 Å². The SMILES string of the molecule is C[C@H]1CNC[C@@H]1n1nc(-c2ncnc3c2[C@H](C(F)(F)F)CC(=O)N3)c2ccc(F)cc21. The van der Waals surface area contributed by atoms with Gasteiger partial charge in [-0.2, -0.15) is 18.3 Å².